The largest absolute Gasteiger partial charge is 0.481 e. The first-order valence-corrected chi connectivity index (χ1v) is 6.68. The second-order valence-electron chi connectivity index (χ2n) is 5.08. The number of carboxylic acid groups (broad SMARTS) is 1. The third kappa shape index (κ3) is 4.24. The van der Waals surface area contributed by atoms with Crippen molar-refractivity contribution in [2.75, 3.05) is 19.8 Å². The van der Waals surface area contributed by atoms with Gasteiger partial charge in [-0.25, -0.2) is 4.79 Å². The van der Waals surface area contributed by atoms with Gasteiger partial charge in [-0.05, 0) is 25.2 Å². The van der Waals surface area contributed by atoms with E-state index in [0.29, 0.717) is 18.9 Å². The van der Waals surface area contributed by atoms with Crippen LogP contribution in [-0.4, -0.2) is 42.9 Å². The lowest BCUT2D eigenvalue weighted by Gasteiger charge is -2.22. The summed E-state index contributed by atoms with van der Waals surface area (Å²) in [6.07, 6.45) is 5.76. The topological polar surface area (TPSA) is 87.7 Å². The lowest BCUT2D eigenvalue weighted by atomic mass is 10.0. The van der Waals surface area contributed by atoms with Gasteiger partial charge in [-0.15, -0.1) is 0 Å². The van der Waals surface area contributed by atoms with Gasteiger partial charge < -0.3 is 20.5 Å². The Bertz CT molecular complexity index is 364. The Morgan fingerprint density at radius 1 is 1.26 bits per heavy atom. The number of carbonyl (C=O) groups is 2. The summed E-state index contributed by atoms with van der Waals surface area (Å²) in [5, 5.41) is 14.5. The Labute approximate surface area is 112 Å². The Hall–Kier alpha value is -1.56. The van der Waals surface area contributed by atoms with E-state index in [1.807, 2.05) is 0 Å². The average Bonchev–Trinajstić information content (AvgIpc) is 2.86. The molecule has 1 aliphatic heterocycles. The minimum atomic E-state index is -0.844. The minimum Gasteiger partial charge on any atom is -0.481 e. The summed E-state index contributed by atoms with van der Waals surface area (Å²) in [5.41, 5.74) is 0. The van der Waals surface area contributed by atoms with Crippen molar-refractivity contribution in [2.45, 2.75) is 25.3 Å². The van der Waals surface area contributed by atoms with Crippen LogP contribution in [0.2, 0.25) is 0 Å². The summed E-state index contributed by atoms with van der Waals surface area (Å²) < 4.78 is 5.26. The van der Waals surface area contributed by atoms with Crippen LogP contribution < -0.4 is 10.6 Å². The quantitative estimate of drug-likeness (QED) is 0.656. The summed E-state index contributed by atoms with van der Waals surface area (Å²) in [4.78, 5) is 22.5. The molecule has 19 heavy (non-hydrogen) atoms. The van der Waals surface area contributed by atoms with Gasteiger partial charge >= 0.3 is 12.0 Å². The van der Waals surface area contributed by atoms with Crippen molar-refractivity contribution < 1.29 is 19.4 Å². The fraction of sp³-hybridized carbons (Fsp3) is 0.692. The molecule has 0 spiro atoms. The van der Waals surface area contributed by atoms with E-state index in [9.17, 15) is 9.59 Å². The second-order valence-corrected chi connectivity index (χ2v) is 5.08. The predicted octanol–water partition coefficient (Wildman–Crippen LogP) is 0.742. The van der Waals surface area contributed by atoms with Gasteiger partial charge in [-0.2, -0.15) is 0 Å². The minimum absolute atomic E-state index is 0.184. The molecule has 3 N–H and O–H groups in total. The van der Waals surface area contributed by atoms with Gasteiger partial charge in [0, 0.05) is 19.8 Å². The molecule has 0 radical (unpaired) electrons. The SMILES string of the molecule is O=C(NCC1CCOCC1)NC1C=CC(C(=O)O)C1. The molecule has 2 unspecified atom stereocenters. The molecule has 2 atom stereocenters. The van der Waals surface area contributed by atoms with Crippen LogP contribution in [0.3, 0.4) is 0 Å². The first-order chi connectivity index (χ1) is 9.15. The standard InChI is InChI=1S/C13H20N2O4/c16-12(17)10-1-2-11(7-10)15-13(18)14-8-9-3-5-19-6-4-9/h1-2,9-11H,3-8H2,(H,16,17)(H2,14,15,18). The average molecular weight is 268 g/mol. The monoisotopic (exact) mass is 268 g/mol. The van der Waals surface area contributed by atoms with Gasteiger partial charge in [-0.1, -0.05) is 12.2 Å². The van der Waals surface area contributed by atoms with E-state index in [1.54, 1.807) is 12.2 Å². The van der Waals surface area contributed by atoms with E-state index in [-0.39, 0.29) is 12.1 Å². The number of aliphatic carboxylic acids is 1. The Kier molecular flexibility index (Phi) is 4.79. The number of nitrogens with one attached hydrogen (secondary N) is 2. The zero-order valence-electron chi connectivity index (χ0n) is 10.8. The van der Waals surface area contributed by atoms with E-state index in [1.165, 1.54) is 0 Å². The molecule has 1 aliphatic carbocycles. The van der Waals surface area contributed by atoms with Crippen molar-refractivity contribution in [3.63, 3.8) is 0 Å². The van der Waals surface area contributed by atoms with Gasteiger partial charge in [0.2, 0.25) is 0 Å². The summed E-state index contributed by atoms with van der Waals surface area (Å²) >= 11 is 0. The fourth-order valence-corrected chi connectivity index (χ4v) is 2.40. The zero-order chi connectivity index (χ0) is 13.7. The molecular formula is C13H20N2O4. The molecule has 6 heteroatoms. The first kappa shape index (κ1) is 13.9. The number of rotatable bonds is 4. The molecule has 106 valence electrons. The molecular weight excluding hydrogens is 248 g/mol. The van der Waals surface area contributed by atoms with E-state index in [0.717, 1.165) is 26.1 Å². The fourth-order valence-electron chi connectivity index (χ4n) is 2.40. The summed E-state index contributed by atoms with van der Waals surface area (Å²) in [6.45, 7) is 2.17. The van der Waals surface area contributed by atoms with Crippen molar-refractivity contribution >= 4 is 12.0 Å². The Morgan fingerprint density at radius 2 is 2.00 bits per heavy atom. The molecule has 1 heterocycles. The molecule has 0 aromatic heterocycles. The summed E-state index contributed by atoms with van der Waals surface area (Å²) in [6, 6.07) is -0.414. The van der Waals surface area contributed by atoms with Crippen LogP contribution in [0.15, 0.2) is 12.2 Å². The summed E-state index contributed by atoms with van der Waals surface area (Å²) in [5.74, 6) is -0.852. The van der Waals surface area contributed by atoms with Gasteiger partial charge in [0.15, 0.2) is 0 Å². The van der Waals surface area contributed by atoms with E-state index in [4.69, 9.17) is 9.84 Å². The highest BCUT2D eigenvalue weighted by molar-refractivity contribution is 5.76. The number of hydrogen-bond donors (Lipinski definition) is 3. The highest BCUT2D eigenvalue weighted by atomic mass is 16.5. The van der Waals surface area contributed by atoms with Gasteiger partial charge in [0.05, 0.1) is 12.0 Å². The number of amides is 2. The van der Waals surface area contributed by atoms with E-state index < -0.39 is 11.9 Å². The van der Waals surface area contributed by atoms with Crippen molar-refractivity contribution in [1.29, 1.82) is 0 Å². The number of ether oxygens (including phenoxy) is 1. The third-order valence-corrected chi connectivity index (χ3v) is 3.61. The molecule has 0 aromatic rings. The summed E-state index contributed by atoms with van der Waals surface area (Å²) in [7, 11) is 0. The number of hydrogen-bond acceptors (Lipinski definition) is 3. The molecule has 6 nitrogen and oxygen atoms in total. The maximum absolute atomic E-state index is 11.7. The first-order valence-electron chi connectivity index (χ1n) is 6.68. The molecule has 1 fully saturated rings. The van der Waals surface area contributed by atoms with Gasteiger partial charge in [0.1, 0.15) is 0 Å². The maximum Gasteiger partial charge on any atom is 0.315 e. The van der Waals surface area contributed by atoms with Gasteiger partial charge in [0.25, 0.3) is 0 Å². The lowest BCUT2D eigenvalue weighted by Crippen LogP contribution is -2.43. The molecule has 1 saturated heterocycles. The van der Waals surface area contributed by atoms with Crippen molar-refractivity contribution in [3.05, 3.63) is 12.2 Å². The number of carbonyl (C=O) groups excluding carboxylic acids is 1. The second kappa shape index (κ2) is 6.56. The van der Waals surface area contributed by atoms with Crippen LogP contribution in [0.4, 0.5) is 4.79 Å². The molecule has 0 aromatic carbocycles. The lowest BCUT2D eigenvalue weighted by molar-refractivity contribution is -0.140. The highest BCUT2D eigenvalue weighted by Crippen LogP contribution is 2.18. The van der Waals surface area contributed by atoms with Crippen LogP contribution in [0.1, 0.15) is 19.3 Å². The molecule has 0 bridgehead atoms. The van der Waals surface area contributed by atoms with E-state index >= 15 is 0 Å². The predicted molar refractivity (Wildman–Crippen MR) is 68.7 cm³/mol. The smallest absolute Gasteiger partial charge is 0.315 e. The third-order valence-electron chi connectivity index (χ3n) is 3.61. The zero-order valence-corrected chi connectivity index (χ0v) is 10.8. The van der Waals surface area contributed by atoms with Crippen LogP contribution >= 0.6 is 0 Å². The normalized spacial score (nSPS) is 27.2. The Balaban J connectivity index is 1.65. The van der Waals surface area contributed by atoms with Crippen molar-refractivity contribution in [3.8, 4) is 0 Å². The Morgan fingerprint density at radius 3 is 2.63 bits per heavy atom. The van der Waals surface area contributed by atoms with E-state index in [2.05, 4.69) is 10.6 Å². The van der Waals surface area contributed by atoms with Crippen LogP contribution in [0.25, 0.3) is 0 Å². The number of carboxylic acids is 1. The molecule has 2 rings (SSSR count). The van der Waals surface area contributed by atoms with Crippen molar-refractivity contribution in [1.82, 2.24) is 10.6 Å². The van der Waals surface area contributed by atoms with Crippen LogP contribution in [-0.2, 0) is 9.53 Å². The van der Waals surface area contributed by atoms with Crippen LogP contribution in [0, 0.1) is 11.8 Å². The molecule has 2 aliphatic rings. The van der Waals surface area contributed by atoms with Crippen molar-refractivity contribution in [2.24, 2.45) is 11.8 Å². The maximum atomic E-state index is 11.7. The highest BCUT2D eigenvalue weighted by Gasteiger charge is 2.25. The molecule has 0 saturated carbocycles. The van der Waals surface area contributed by atoms with Gasteiger partial charge in [-0.3, -0.25) is 4.79 Å². The number of urea groups is 1. The van der Waals surface area contributed by atoms with Crippen LogP contribution in [0.5, 0.6) is 0 Å². The molecule has 2 amide bonds.